The van der Waals surface area contributed by atoms with Gasteiger partial charge in [-0.25, -0.2) is 0 Å². The van der Waals surface area contributed by atoms with Crippen molar-refractivity contribution in [1.82, 2.24) is 0 Å². The zero-order valence-electron chi connectivity index (χ0n) is 26.9. The van der Waals surface area contributed by atoms with E-state index in [0.717, 1.165) is 48.5 Å². The minimum atomic E-state index is 0. The number of rotatable bonds is 16. The van der Waals surface area contributed by atoms with Gasteiger partial charge in [-0.2, -0.15) is 0 Å². The Labute approximate surface area is 259 Å². The van der Waals surface area contributed by atoms with E-state index in [-0.39, 0.29) is 34.0 Å². The Hall–Kier alpha value is 0.720. The first-order valence-electron chi connectivity index (χ1n) is 15.6. The molecule has 0 aromatic rings. The van der Waals surface area contributed by atoms with Gasteiger partial charge in [-0.3, -0.25) is 0 Å². The molecule has 2 saturated heterocycles. The maximum atomic E-state index is 5.87. The number of piperidine rings is 2. The maximum absolute atomic E-state index is 5.87. The Morgan fingerprint density at radius 2 is 0.816 bits per heavy atom. The zero-order valence-corrected chi connectivity index (χ0v) is 30.1. The molecule has 0 spiro atoms. The smallest absolute Gasteiger partial charge is 0.102 e. The van der Waals surface area contributed by atoms with Crippen molar-refractivity contribution in [2.75, 3.05) is 133 Å². The zero-order chi connectivity index (χ0) is 27.0. The summed E-state index contributed by atoms with van der Waals surface area (Å²) in [7, 11) is 9.09. The molecule has 38 heavy (non-hydrogen) atoms. The first-order valence-corrected chi connectivity index (χ1v) is 15.6. The second kappa shape index (κ2) is 21.4. The van der Waals surface area contributed by atoms with Crippen LogP contribution in [0, 0.1) is 0 Å². The van der Waals surface area contributed by atoms with E-state index >= 15 is 0 Å². The lowest BCUT2D eigenvalue weighted by Gasteiger charge is -2.40. The molecular weight excluding hydrogens is 608 g/mol. The normalized spacial score (nSPS) is 18.9. The summed E-state index contributed by atoms with van der Waals surface area (Å²) in [5.74, 6) is 0. The van der Waals surface area contributed by atoms with Gasteiger partial charge >= 0.3 is 0 Å². The largest absolute Gasteiger partial charge is 1.00 e. The molecule has 6 nitrogen and oxygen atoms in total. The molecule has 2 fully saturated rings. The highest BCUT2D eigenvalue weighted by molar-refractivity contribution is 4.54. The number of quaternary nitrogens is 4. The highest BCUT2D eigenvalue weighted by Crippen LogP contribution is 2.19. The van der Waals surface area contributed by atoms with Crippen LogP contribution < -0.4 is 34.0 Å². The van der Waals surface area contributed by atoms with Gasteiger partial charge in [0, 0.05) is 0 Å². The average Bonchev–Trinajstić information content (AvgIpc) is 2.89. The number of nitrogens with zero attached hydrogens (tertiary/aromatic N) is 4. The highest BCUT2D eigenvalue weighted by Gasteiger charge is 2.28. The predicted octanol–water partition coefficient (Wildman–Crippen LogP) is -1.75. The third-order valence-electron chi connectivity index (χ3n) is 9.69. The molecule has 0 N–H and O–H groups in total. The summed E-state index contributed by atoms with van der Waals surface area (Å²) < 4.78 is 16.5. The highest BCUT2D eigenvalue weighted by atomic mass is 79.9. The van der Waals surface area contributed by atoms with Gasteiger partial charge in [-0.15, -0.1) is 0 Å². The van der Waals surface area contributed by atoms with Crippen LogP contribution in [0.4, 0.5) is 0 Å². The van der Waals surface area contributed by atoms with Crippen LogP contribution in [0.15, 0.2) is 0 Å². The first kappa shape index (κ1) is 40.9. The van der Waals surface area contributed by atoms with Gasteiger partial charge in [-0.1, -0.05) is 0 Å². The third-order valence-corrected chi connectivity index (χ3v) is 9.69. The fraction of sp³-hybridized carbons (Fsp3) is 1.00. The minimum Gasteiger partial charge on any atom is -1.00 e. The summed E-state index contributed by atoms with van der Waals surface area (Å²) in [6, 6.07) is 0. The van der Waals surface area contributed by atoms with Crippen LogP contribution in [0.2, 0.25) is 0 Å². The van der Waals surface area contributed by atoms with Crippen molar-refractivity contribution in [3.05, 3.63) is 0 Å². The van der Waals surface area contributed by atoms with Crippen LogP contribution in [0.5, 0.6) is 0 Å². The molecule has 8 heteroatoms. The van der Waals surface area contributed by atoms with Crippen LogP contribution in [0.3, 0.4) is 0 Å². The monoisotopic (exact) mass is 674 g/mol. The van der Waals surface area contributed by atoms with Crippen molar-refractivity contribution in [2.45, 2.75) is 66.2 Å². The topological polar surface area (TPSA) is 18.5 Å². The summed E-state index contributed by atoms with van der Waals surface area (Å²) in [4.78, 5) is 0. The molecule has 0 bridgehead atoms. The molecule has 2 aliphatic rings. The fourth-order valence-electron chi connectivity index (χ4n) is 5.42. The van der Waals surface area contributed by atoms with Crippen molar-refractivity contribution < 1.29 is 61.4 Å². The number of likely N-dealkylation sites (tertiary alicyclic amines) is 2. The Morgan fingerprint density at radius 1 is 0.500 bits per heavy atom. The fourth-order valence-corrected chi connectivity index (χ4v) is 5.42. The third kappa shape index (κ3) is 16.9. The van der Waals surface area contributed by atoms with Gasteiger partial charge in [0.2, 0.25) is 0 Å². The van der Waals surface area contributed by atoms with E-state index in [1.54, 1.807) is 0 Å². The van der Waals surface area contributed by atoms with Crippen LogP contribution in [0.25, 0.3) is 0 Å². The van der Waals surface area contributed by atoms with Crippen LogP contribution >= 0.6 is 0 Å². The van der Waals surface area contributed by atoms with Crippen molar-refractivity contribution in [1.29, 1.82) is 0 Å². The van der Waals surface area contributed by atoms with Crippen molar-refractivity contribution in [3.63, 3.8) is 0 Å². The lowest BCUT2D eigenvalue weighted by atomic mass is 10.1. The van der Waals surface area contributed by atoms with E-state index in [2.05, 4.69) is 55.9 Å². The molecule has 0 radical (unpaired) electrons. The van der Waals surface area contributed by atoms with Crippen molar-refractivity contribution >= 4 is 0 Å². The van der Waals surface area contributed by atoms with E-state index in [4.69, 9.17) is 9.47 Å². The van der Waals surface area contributed by atoms with E-state index < -0.39 is 0 Å². The molecule has 0 amide bonds. The molecule has 2 aliphatic heterocycles. The number of hydrogen-bond acceptors (Lipinski definition) is 2. The number of likely N-dealkylation sites (N-methyl/N-ethyl adjacent to an activating group) is 4. The van der Waals surface area contributed by atoms with Gasteiger partial charge < -0.3 is 61.4 Å². The van der Waals surface area contributed by atoms with E-state index in [9.17, 15) is 0 Å². The summed E-state index contributed by atoms with van der Waals surface area (Å²) >= 11 is 0. The lowest BCUT2D eigenvalue weighted by molar-refractivity contribution is -0.931. The summed E-state index contributed by atoms with van der Waals surface area (Å²) in [6.07, 6.45) is 8.51. The number of halogens is 2. The van der Waals surface area contributed by atoms with Crippen molar-refractivity contribution in [3.8, 4) is 0 Å². The van der Waals surface area contributed by atoms with E-state index in [0.29, 0.717) is 0 Å². The molecule has 2 rings (SSSR count). The predicted molar refractivity (Wildman–Crippen MR) is 155 cm³/mol. The van der Waals surface area contributed by atoms with Crippen LogP contribution in [0.1, 0.15) is 66.2 Å². The quantitative estimate of drug-likeness (QED) is 0.143. The van der Waals surface area contributed by atoms with Crippen LogP contribution in [-0.2, 0) is 9.47 Å². The number of hydrogen-bond donors (Lipinski definition) is 0. The van der Waals surface area contributed by atoms with Crippen LogP contribution in [-0.4, -0.2) is 151 Å². The number of ether oxygens (including phenoxy) is 2. The SMILES string of the molecule is CC[N+](C)(C)CCOCC[N+]1(CC)CCCCC1.CC[N+](C)(C)CCOCC[N+]1(CC)CCCCC1.[Br-].[Br-]. The standard InChI is InChI=1S/2C15H34N2O.2BrH/c2*1-5-16(3,4)12-14-18-15-13-17(6-2)10-8-7-9-11-17;;/h2*5-15H2,1-4H3;2*1H/q2*+2;;/p-2. The molecular formula is C30H68Br2N4O2+2. The molecule has 0 unspecified atom stereocenters. The lowest BCUT2D eigenvalue weighted by Crippen LogP contribution is -3.00. The Morgan fingerprint density at radius 3 is 1.08 bits per heavy atom. The maximum Gasteiger partial charge on any atom is 0.102 e. The van der Waals surface area contributed by atoms with Crippen molar-refractivity contribution in [2.24, 2.45) is 0 Å². The molecule has 0 saturated carbocycles. The molecule has 232 valence electrons. The first-order chi connectivity index (χ1) is 17.1. The van der Waals surface area contributed by atoms with Gasteiger partial charge in [0.25, 0.3) is 0 Å². The Bertz CT molecular complexity index is 504. The molecule has 0 aromatic carbocycles. The molecule has 0 aliphatic carbocycles. The second-order valence-electron chi connectivity index (χ2n) is 13.0. The average molecular weight is 677 g/mol. The van der Waals surface area contributed by atoms with Gasteiger partial charge in [0.05, 0.1) is 107 Å². The molecule has 0 atom stereocenters. The van der Waals surface area contributed by atoms with Gasteiger partial charge in [0.15, 0.2) is 0 Å². The van der Waals surface area contributed by atoms with E-state index in [1.165, 1.54) is 113 Å². The molecule has 2 heterocycles. The summed E-state index contributed by atoms with van der Waals surface area (Å²) in [6.45, 7) is 27.9. The minimum absolute atomic E-state index is 0. The summed E-state index contributed by atoms with van der Waals surface area (Å²) in [5, 5.41) is 0. The Kier molecular flexibility index (Phi) is 23.0. The Balaban J connectivity index is 0. The molecule has 0 aromatic heterocycles. The summed E-state index contributed by atoms with van der Waals surface area (Å²) in [5.41, 5.74) is 0. The van der Waals surface area contributed by atoms with Gasteiger partial charge in [-0.05, 0) is 66.2 Å². The van der Waals surface area contributed by atoms with E-state index in [1.807, 2.05) is 0 Å². The van der Waals surface area contributed by atoms with Gasteiger partial charge in [0.1, 0.15) is 26.2 Å². The second-order valence-corrected chi connectivity index (χ2v) is 13.0.